The van der Waals surface area contributed by atoms with Crippen molar-refractivity contribution in [3.05, 3.63) is 50.1 Å². The van der Waals surface area contributed by atoms with Crippen molar-refractivity contribution in [3.8, 4) is 5.75 Å². The minimum atomic E-state index is 0.239. The summed E-state index contributed by atoms with van der Waals surface area (Å²) in [6.45, 7) is 8.05. The first-order chi connectivity index (χ1) is 10.2. The van der Waals surface area contributed by atoms with E-state index in [9.17, 15) is 0 Å². The maximum Gasteiger partial charge on any atom is 0.133 e. The van der Waals surface area contributed by atoms with E-state index in [2.05, 4.69) is 58.0 Å². The van der Waals surface area contributed by atoms with Gasteiger partial charge >= 0.3 is 0 Å². The molecule has 4 heteroatoms. The predicted molar refractivity (Wildman–Crippen MR) is 94.5 cm³/mol. The lowest BCUT2D eigenvalue weighted by Crippen LogP contribution is -2.23. The predicted octanol–water partition coefficient (Wildman–Crippen LogP) is 5.31. The molecule has 1 N–H and O–H groups in total. The van der Waals surface area contributed by atoms with Crippen LogP contribution in [0.3, 0.4) is 0 Å². The second kappa shape index (κ2) is 7.97. The van der Waals surface area contributed by atoms with Crippen LogP contribution in [0.2, 0.25) is 0 Å². The highest BCUT2D eigenvalue weighted by Gasteiger charge is 2.17. The zero-order valence-corrected chi connectivity index (χ0v) is 15.2. The Morgan fingerprint density at radius 2 is 2.10 bits per heavy atom. The fraction of sp³-hybridized carbons (Fsp3) is 0.412. The van der Waals surface area contributed by atoms with Crippen LogP contribution in [-0.4, -0.2) is 13.2 Å². The average Bonchev–Trinajstić information content (AvgIpc) is 2.89. The summed E-state index contributed by atoms with van der Waals surface area (Å²) in [5.74, 6) is 0.900. The molecule has 0 spiro atoms. The lowest BCUT2D eigenvalue weighted by atomic mass is 9.98. The summed E-state index contributed by atoms with van der Waals surface area (Å²) in [4.78, 5) is 0. The fourth-order valence-electron chi connectivity index (χ4n) is 2.33. The fourth-order valence-corrected chi connectivity index (χ4v) is 3.72. The highest BCUT2D eigenvalue weighted by molar-refractivity contribution is 9.10. The molecule has 2 nitrogen and oxygen atoms in total. The van der Waals surface area contributed by atoms with Crippen LogP contribution in [0.15, 0.2) is 33.4 Å². The Hall–Kier alpha value is -0.840. The third-order valence-electron chi connectivity index (χ3n) is 3.39. The van der Waals surface area contributed by atoms with Crippen molar-refractivity contribution in [1.82, 2.24) is 5.32 Å². The van der Waals surface area contributed by atoms with Gasteiger partial charge in [-0.3, -0.25) is 0 Å². The Labute approximate surface area is 139 Å². The van der Waals surface area contributed by atoms with E-state index in [1.54, 1.807) is 11.3 Å². The van der Waals surface area contributed by atoms with Crippen molar-refractivity contribution < 1.29 is 4.74 Å². The number of aryl methyl sites for hydroxylation is 1. The highest BCUT2D eigenvalue weighted by Crippen LogP contribution is 2.33. The number of ether oxygens (including phenoxy) is 1. The SMILES string of the molecule is CCCNC(c1ccc(OCC)c(Br)c1)c1cscc1C. The van der Waals surface area contributed by atoms with Crippen molar-refractivity contribution >= 4 is 27.3 Å². The van der Waals surface area contributed by atoms with Crippen LogP contribution in [0.4, 0.5) is 0 Å². The van der Waals surface area contributed by atoms with Gasteiger partial charge in [-0.25, -0.2) is 0 Å². The van der Waals surface area contributed by atoms with E-state index in [1.165, 1.54) is 16.7 Å². The van der Waals surface area contributed by atoms with Gasteiger partial charge in [-0.05, 0) is 82.3 Å². The maximum atomic E-state index is 5.60. The van der Waals surface area contributed by atoms with E-state index in [0.717, 1.165) is 23.2 Å². The van der Waals surface area contributed by atoms with Crippen molar-refractivity contribution in [1.29, 1.82) is 0 Å². The van der Waals surface area contributed by atoms with Crippen molar-refractivity contribution in [3.63, 3.8) is 0 Å². The van der Waals surface area contributed by atoms with Crippen molar-refractivity contribution in [2.45, 2.75) is 33.2 Å². The van der Waals surface area contributed by atoms with E-state index >= 15 is 0 Å². The minimum absolute atomic E-state index is 0.239. The molecule has 1 aromatic heterocycles. The largest absolute Gasteiger partial charge is 0.493 e. The van der Waals surface area contributed by atoms with Gasteiger partial charge in [-0.2, -0.15) is 11.3 Å². The van der Waals surface area contributed by atoms with E-state index in [4.69, 9.17) is 4.74 Å². The number of halogens is 1. The molecule has 0 saturated heterocycles. The molecule has 2 aromatic rings. The van der Waals surface area contributed by atoms with Gasteiger partial charge in [0.2, 0.25) is 0 Å². The van der Waals surface area contributed by atoms with Crippen LogP contribution < -0.4 is 10.1 Å². The second-order valence-corrected chi connectivity index (χ2v) is 6.62. The lowest BCUT2D eigenvalue weighted by Gasteiger charge is -2.20. The van der Waals surface area contributed by atoms with Gasteiger partial charge in [0.15, 0.2) is 0 Å². The van der Waals surface area contributed by atoms with Gasteiger partial charge in [0, 0.05) is 0 Å². The Bertz CT molecular complexity index is 582. The molecular formula is C17H22BrNOS. The molecule has 0 aliphatic rings. The minimum Gasteiger partial charge on any atom is -0.493 e. The van der Waals surface area contributed by atoms with E-state index in [-0.39, 0.29) is 6.04 Å². The monoisotopic (exact) mass is 367 g/mol. The summed E-state index contributed by atoms with van der Waals surface area (Å²) in [5, 5.41) is 8.10. The lowest BCUT2D eigenvalue weighted by molar-refractivity contribution is 0.338. The first kappa shape index (κ1) is 16.5. The third-order valence-corrected chi connectivity index (χ3v) is 4.89. The normalized spacial score (nSPS) is 12.4. The van der Waals surface area contributed by atoms with Crippen molar-refractivity contribution in [2.75, 3.05) is 13.2 Å². The Morgan fingerprint density at radius 3 is 2.67 bits per heavy atom. The molecule has 1 heterocycles. The van der Waals surface area contributed by atoms with Gasteiger partial charge in [0.05, 0.1) is 17.1 Å². The Kier molecular flexibility index (Phi) is 6.27. The molecule has 0 bridgehead atoms. The summed E-state index contributed by atoms with van der Waals surface area (Å²) in [6.07, 6.45) is 1.12. The number of hydrogen-bond donors (Lipinski definition) is 1. The molecule has 114 valence electrons. The summed E-state index contributed by atoms with van der Waals surface area (Å²) in [5.41, 5.74) is 3.98. The average molecular weight is 368 g/mol. The van der Waals surface area contributed by atoms with Gasteiger partial charge < -0.3 is 10.1 Å². The van der Waals surface area contributed by atoms with E-state index < -0.39 is 0 Å². The van der Waals surface area contributed by atoms with Crippen LogP contribution in [0, 0.1) is 6.92 Å². The van der Waals surface area contributed by atoms with Gasteiger partial charge in [-0.15, -0.1) is 0 Å². The van der Waals surface area contributed by atoms with Gasteiger partial charge in [0.1, 0.15) is 5.75 Å². The van der Waals surface area contributed by atoms with Crippen LogP contribution in [0.5, 0.6) is 5.75 Å². The summed E-state index contributed by atoms with van der Waals surface area (Å²) in [6, 6.07) is 6.60. The number of benzene rings is 1. The molecule has 0 amide bonds. The third kappa shape index (κ3) is 4.09. The van der Waals surface area contributed by atoms with Crippen LogP contribution in [-0.2, 0) is 0 Å². The van der Waals surface area contributed by atoms with Crippen LogP contribution >= 0.6 is 27.3 Å². The van der Waals surface area contributed by atoms with E-state index in [0.29, 0.717) is 6.61 Å². The Balaban J connectivity index is 2.33. The summed E-state index contributed by atoms with van der Waals surface area (Å²) < 4.78 is 6.61. The molecule has 2 rings (SSSR count). The van der Waals surface area contributed by atoms with Crippen LogP contribution in [0.1, 0.15) is 43.0 Å². The molecule has 1 aromatic carbocycles. The first-order valence-electron chi connectivity index (χ1n) is 7.35. The van der Waals surface area contributed by atoms with E-state index in [1.807, 2.05) is 13.0 Å². The second-order valence-electron chi connectivity index (χ2n) is 5.02. The molecule has 0 saturated carbocycles. The zero-order chi connectivity index (χ0) is 15.2. The zero-order valence-electron chi connectivity index (χ0n) is 12.8. The van der Waals surface area contributed by atoms with Crippen molar-refractivity contribution in [2.24, 2.45) is 0 Å². The number of thiophene rings is 1. The van der Waals surface area contributed by atoms with Gasteiger partial charge in [-0.1, -0.05) is 13.0 Å². The summed E-state index contributed by atoms with van der Waals surface area (Å²) >= 11 is 5.38. The standard InChI is InChI=1S/C17H22BrNOS/c1-4-8-19-17(14-11-21-10-12(14)3)13-6-7-16(20-5-2)15(18)9-13/h6-7,9-11,17,19H,4-5,8H2,1-3H3. The van der Waals surface area contributed by atoms with Gasteiger partial charge in [0.25, 0.3) is 0 Å². The number of rotatable bonds is 7. The molecule has 0 aliphatic heterocycles. The molecule has 0 radical (unpaired) electrons. The molecule has 21 heavy (non-hydrogen) atoms. The number of nitrogens with one attached hydrogen (secondary N) is 1. The number of hydrogen-bond acceptors (Lipinski definition) is 3. The summed E-state index contributed by atoms with van der Waals surface area (Å²) in [7, 11) is 0. The van der Waals surface area contributed by atoms with Crippen LogP contribution in [0.25, 0.3) is 0 Å². The molecular weight excluding hydrogens is 346 g/mol. The molecule has 0 fully saturated rings. The molecule has 1 atom stereocenters. The topological polar surface area (TPSA) is 21.3 Å². The highest BCUT2D eigenvalue weighted by atomic mass is 79.9. The maximum absolute atomic E-state index is 5.60. The first-order valence-corrected chi connectivity index (χ1v) is 9.09. The quantitative estimate of drug-likeness (QED) is 0.715. The Morgan fingerprint density at radius 1 is 1.29 bits per heavy atom. The molecule has 1 unspecified atom stereocenters. The smallest absolute Gasteiger partial charge is 0.133 e. The molecule has 0 aliphatic carbocycles.